The molecule has 0 radical (unpaired) electrons. The Morgan fingerprint density at radius 3 is 1.72 bits per heavy atom. The molecule has 1 heterocycles. The highest BCUT2D eigenvalue weighted by Crippen LogP contribution is 2.39. The Balaban J connectivity index is 1.26. The summed E-state index contributed by atoms with van der Waals surface area (Å²) in [5, 5.41) is 0. The summed E-state index contributed by atoms with van der Waals surface area (Å²) in [5.74, 6) is 4.78. The number of nitrogens with zero attached hydrogens (tertiary/aromatic N) is 2. The lowest BCUT2D eigenvalue weighted by atomic mass is 9.74. The molecule has 164 valence electrons. The Morgan fingerprint density at radius 1 is 0.655 bits per heavy atom. The van der Waals surface area contributed by atoms with Gasteiger partial charge in [-0.05, 0) is 55.4 Å². The quantitative estimate of drug-likeness (QED) is 0.350. The lowest BCUT2D eigenvalue weighted by molar-refractivity contribution is 0.221. The third kappa shape index (κ3) is 7.68. The first-order valence-electron chi connectivity index (χ1n) is 13.1. The highest BCUT2D eigenvalue weighted by atomic mass is 14.9. The van der Waals surface area contributed by atoms with Crippen molar-refractivity contribution in [2.24, 2.45) is 17.8 Å². The van der Waals surface area contributed by atoms with E-state index in [-0.39, 0.29) is 0 Å². The fourth-order valence-corrected chi connectivity index (χ4v) is 5.78. The monoisotopic (exact) mass is 398 g/mol. The van der Waals surface area contributed by atoms with E-state index in [1.807, 2.05) is 12.4 Å². The molecule has 0 N–H and O–H groups in total. The van der Waals surface area contributed by atoms with Crippen LogP contribution in [-0.2, 0) is 6.42 Å². The molecule has 2 aliphatic carbocycles. The minimum atomic E-state index is 0.616. The van der Waals surface area contributed by atoms with E-state index in [1.54, 1.807) is 0 Å². The summed E-state index contributed by atoms with van der Waals surface area (Å²) >= 11 is 0. The van der Waals surface area contributed by atoms with Gasteiger partial charge in [0.25, 0.3) is 0 Å². The first kappa shape index (κ1) is 22.8. The van der Waals surface area contributed by atoms with Crippen LogP contribution in [0.3, 0.4) is 0 Å². The Kier molecular flexibility index (Phi) is 9.97. The molecule has 0 spiro atoms. The van der Waals surface area contributed by atoms with Gasteiger partial charge in [0.15, 0.2) is 0 Å². The van der Waals surface area contributed by atoms with Crippen molar-refractivity contribution >= 4 is 0 Å². The molecule has 0 aliphatic heterocycles. The summed E-state index contributed by atoms with van der Waals surface area (Å²) < 4.78 is 0. The molecule has 29 heavy (non-hydrogen) atoms. The summed E-state index contributed by atoms with van der Waals surface area (Å²) in [6.07, 6.45) is 28.3. The van der Waals surface area contributed by atoms with Gasteiger partial charge in [0.2, 0.25) is 0 Å². The van der Waals surface area contributed by atoms with E-state index in [2.05, 4.69) is 23.8 Å². The maximum Gasteiger partial charge on any atom is 0.131 e. The molecule has 2 saturated carbocycles. The van der Waals surface area contributed by atoms with Crippen molar-refractivity contribution in [2.45, 2.75) is 129 Å². The predicted molar refractivity (Wildman–Crippen MR) is 124 cm³/mol. The second-order valence-corrected chi connectivity index (χ2v) is 10.2. The van der Waals surface area contributed by atoms with E-state index in [9.17, 15) is 0 Å². The molecule has 1 aromatic rings. The van der Waals surface area contributed by atoms with Gasteiger partial charge in [-0.15, -0.1) is 0 Å². The molecule has 0 saturated heterocycles. The molecule has 0 bridgehead atoms. The largest absolute Gasteiger partial charge is 0.241 e. The lowest BCUT2D eigenvalue weighted by Gasteiger charge is -2.31. The molecule has 2 fully saturated rings. The first-order valence-corrected chi connectivity index (χ1v) is 13.1. The van der Waals surface area contributed by atoms with Crippen LogP contribution >= 0.6 is 0 Å². The summed E-state index contributed by atoms with van der Waals surface area (Å²) in [5.41, 5.74) is 1.26. The highest BCUT2D eigenvalue weighted by Gasteiger charge is 2.26. The van der Waals surface area contributed by atoms with E-state index in [0.29, 0.717) is 5.92 Å². The van der Waals surface area contributed by atoms with Crippen LogP contribution in [-0.4, -0.2) is 9.97 Å². The fourth-order valence-electron chi connectivity index (χ4n) is 5.78. The van der Waals surface area contributed by atoms with Crippen LogP contribution in [0.2, 0.25) is 0 Å². The number of unbranched alkanes of at least 4 members (excludes halogenated alkanes) is 4. The second kappa shape index (κ2) is 12.7. The minimum Gasteiger partial charge on any atom is -0.241 e. The van der Waals surface area contributed by atoms with Gasteiger partial charge in [-0.2, -0.15) is 0 Å². The first-order chi connectivity index (χ1) is 14.3. The van der Waals surface area contributed by atoms with Crippen LogP contribution in [0, 0.1) is 17.8 Å². The van der Waals surface area contributed by atoms with E-state index < -0.39 is 0 Å². The molecule has 0 aromatic carbocycles. The molecule has 2 aliphatic rings. The van der Waals surface area contributed by atoms with Gasteiger partial charge in [0.05, 0.1) is 0 Å². The van der Waals surface area contributed by atoms with Crippen LogP contribution in [0.5, 0.6) is 0 Å². The van der Waals surface area contributed by atoms with E-state index in [1.165, 1.54) is 108 Å². The van der Waals surface area contributed by atoms with E-state index in [0.717, 1.165) is 30.0 Å². The van der Waals surface area contributed by atoms with Crippen LogP contribution in [0.4, 0.5) is 0 Å². The van der Waals surface area contributed by atoms with Crippen molar-refractivity contribution in [1.29, 1.82) is 0 Å². The Labute approximate surface area is 180 Å². The van der Waals surface area contributed by atoms with Gasteiger partial charge in [-0.25, -0.2) is 9.97 Å². The zero-order valence-electron chi connectivity index (χ0n) is 19.4. The van der Waals surface area contributed by atoms with Crippen molar-refractivity contribution in [3.05, 3.63) is 23.8 Å². The maximum atomic E-state index is 4.65. The van der Waals surface area contributed by atoms with Gasteiger partial charge < -0.3 is 0 Å². The van der Waals surface area contributed by atoms with Gasteiger partial charge in [0.1, 0.15) is 5.82 Å². The molecule has 2 heteroatoms. The maximum absolute atomic E-state index is 4.65. The average molecular weight is 399 g/mol. The van der Waals surface area contributed by atoms with Gasteiger partial charge in [-0.3, -0.25) is 0 Å². The summed E-state index contributed by atoms with van der Waals surface area (Å²) in [7, 11) is 0. The Hall–Kier alpha value is -0.920. The van der Waals surface area contributed by atoms with Crippen LogP contribution in [0.1, 0.15) is 134 Å². The van der Waals surface area contributed by atoms with Crippen LogP contribution < -0.4 is 0 Å². The van der Waals surface area contributed by atoms with Crippen LogP contribution in [0.15, 0.2) is 12.4 Å². The summed E-state index contributed by atoms with van der Waals surface area (Å²) in [6.45, 7) is 4.48. The summed E-state index contributed by atoms with van der Waals surface area (Å²) in [4.78, 5) is 9.30. The Bertz CT molecular complexity index is 536. The van der Waals surface area contributed by atoms with Crippen molar-refractivity contribution in [3.8, 4) is 0 Å². The average Bonchev–Trinajstić information content (AvgIpc) is 2.79. The second-order valence-electron chi connectivity index (χ2n) is 10.2. The van der Waals surface area contributed by atoms with Crippen LogP contribution in [0.25, 0.3) is 0 Å². The van der Waals surface area contributed by atoms with Crippen molar-refractivity contribution in [2.75, 3.05) is 0 Å². The molecule has 0 amide bonds. The smallest absolute Gasteiger partial charge is 0.131 e. The molecule has 0 atom stereocenters. The van der Waals surface area contributed by atoms with Gasteiger partial charge in [0, 0.05) is 18.3 Å². The topological polar surface area (TPSA) is 25.8 Å². The predicted octanol–water partition coefficient (Wildman–Crippen LogP) is 8.26. The number of aromatic nitrogens is 2. The van der Waals surface area contributed by atoms with Gasteiger partial charge >= 0.3 is 0 Å². The zero-order chi connectivity index (χ0) is 20.3. The highest BCUT2D eigenvalue weighted by molar-refractivity contribution is 5.07. The third-order valence-corrected chi connectivity index (χ3v) is 8.01. The van der Waals surface area contributed by atoms with Crippen molar-refractivity contribution in [1.82, 2.24) is 9.97 Å². The normalized spacial score (nSPS) is 27.8. The number of rotatable bonds is 11. The molecular weight excluding hydrogens is 352 g/mol. The molecule has 3 rings (SSSR count). The van der Waals surface area contributed by atoms with Crippen molar-refractivity contribution < 1.29 is 0 Å². The minimum absolute atomic E-state index is 0.616. The van der Waals surface area contributed by atoms with Gasteiger partial charge in [-0.1, -0.05) is 90.9 Å². The SMILES string of the molecule is CCCCCCC[C@H]1CC[C@H](CCC2CCC(c3ncc(CC)cn3)CC2)CC1. The zero-order valence-corrected chi connectivity index (χ0v) is 19.4. The lowest BCUT2D eigenvalue weighted by Crippen LogP contribution is -2.18. The standard InChI is InChI=1S/C27H46N2/c1-3-5-6-7-8-9-23-10-12-24(13-11-23)14-15-25-16-18-26(19-17-25)27-28-20-22(4-2)21-29-27/h20-21,23-26H,3-19H2,1-2H3/t23-,24-,25?,26?. The third-order valence-electron chi connectivity index (χ3n) is 8.01. The number of hydrogen-bond donors (Lipinski definition) is 0. The molecule has 0 unspecified atom stereocenters. The Morgan fingerprint density at radius 2 is 1.17 bits per heavy atom. The molecule has 1 aromatic heterocycles. The van der Waals surface area contributed by atoms with Crippen molar-refractivity contribution in [3.63, 3.8) is 0 Å². The fraction of sp³-hybridized carbons (Fsp3) is 0.852. The molecular formula is C27H46N2. The number of aryl methyl sites for hydroxylation is 1. The molecule has 2 nitrogen and oxygen atoms in total. The number of hydrogen-bond acceptors (Lipinski definition) is 2. The van der Waals surface area contributed by atoms with E-state index >= 15 is 0 Å². The van der Waals surface area contributed by atoms with E-state index in [4.69, 9.17) is 0 Å². The summed E-state index contributed by atoms with van der Waals surface area (Å²) in [6, 6.07) is 0.